The Morgan fingerprint density at radius 3 is 2.81 bits per heavy atom. The molecule has 0 aliphatic rings. The Balaban J connectivity index is 2.32. The first-order chi connectivity index (χ1) is 7.83. The summed E-state index contributed by atoms with van der Waals surface area (Å²) in [4.78, 5) is 0. The van der Waals surface area contributed by atoms with Crippen LogP contribution in [0.2, 0.25) is 0 Å². The number of hydrogen-bond donors (Lipinski definition) is 1. The minimum absolute atomic E-state index is 0.578. The topological polar surface area (TPSA) is 42.6 Å². The van der Waals surface area contributed by atoms with E-state index in [1.165, 1.54) is 6.26 Å². The molecule has 0 spiro atoms. The Bertz CT molecular complexity index is 434. The van der Waals surface area contributed by atoms with Crippen LogP contribution in [0.4, 0.5) is 0 Å². The Hall–Kier alpha value is -1.74. The van der Waals surface area contributed by atoms with Gasteiger partial charge in [0.05, 0.1) is 19.1 Å². The zero-order valence-corrected chi connectivity index (χ0v) is 9.09. The third-order valence-electron chi connectivity index (χ3n) is 2.37. The number of ether oxygens (including phenoxy) is 1. The van der Waals surface area contributed by atoms with Crippen molar-refractivity contribution < 1.29 is 14.3 Å². The summed E-state index contributed by atoms with van der Waals surface area (Å²) < 4.78 is 10.4. The van der Waals surface area contributed by atoms with E-state index in [2.05, 4.69) is 0 Å². The highest BCUT2D eigenvalue weighted by molar-refractivity contribution is 5.39. The molecule has 3 heteroatoms. The molecule has 1 unspecified atom stereocenters. The van der Waals surface area contributed by atoms with Gasteiger partial charge in [-0.25, -0.2) is 0 Å². The molecule has 0 bridgehead atoms. The fourth-order valence-electron chi connectivity index (χ4n) is 1.60. The molecular formula is C13H14O3. The second-order valence-electron chi connectivity index (χ2n) is 3.43. The second kappa shape index (κ2) is 4.86. The van der Waals surface area contributed by atoms with E-state index < -0.39 is 6.10 Å². The molecule has 3 nitrogen and oxygen atoms in total. The Labute approximate surface area is 94.3 Å². The number of aliphatic hydroxyl groups excluding tert-OH is 1. The third kappa shape index (κ3) is 2.09. The molecule has 0 fully saturated rings. The maximum Gasteiger partial charge on any atom is 0.125 e. The largest absolute Gasteiger partial charge is 0.493 e. The first-order valence-electron chi connectivity index (χ1n) is 5.24. The van der Waals surface area contributed by atoms with Crippen molar-refractivity contribution in [3.63, 3.8) is 0 Å². The molecule has 1 atom stereocenters. The van der Waals surface area contributed by atoms with Gasteiger partial charge in [-0.05, 0) is 19.1 Å². The predicted molar refractivity (Wildman–Crippen MR) is 60.4 cm³/mol. The Morgan fingerprint density at radius 2 is 2.12 bits per heavy atom. The molecule has 0 saturated carbocycles. The lowest BCUT2D eigenvalue weighted by Crippen LogP contribution is -2.02. The van der Waals surface area contributed by atoms with Crippen molar-refractivity contribution in [3.8, 4) is 5.75 Å². The zero-order chi connectivity index (χ0) is 11.4. The van der Waals surface area contributed by atoms with Gasteiger partial charge in [-0.2, -0.15) is 0 Å². The number of rotatable bonds is 4. The highest BCUT2D eigenvalue weighted by Crippen LogP contribution is 2.29. The van der Waals surface area contributed by atoms with Crippen molar-refractivity contribution in [2.24, 2.45) is 0 Å². The minimum atomic E-state index is -0.707. The van der Waals surface area contributed by atoms with Gasteiger partial charge in [-0.1, -0.05) is 18.2 Å². The van der Waals surface area contributed by atoms with Crippen LogP contribution >= 0.6 is 0 Å². The minimum Gasteiger partial charge on any atom is -0.493 e. The molecule has 0 aliphatic heterocycles. The molecule has 84 valence electrons. The SMILES string of the molecule is CCOc1ccccc1C(O)c1ccoc1. The smallest absolute Gasteiger partial charge is 0.125 e. The quantitative estimate of drug-likeness (QED) is 0.858. The van der Waals surface area contributed by atoms with Crippen LogP contribution in [0, 0.1) is 0 Å². The lowest BCUT2D eigenvalue weighted by molar-refractivity contribution is 0.211. The molecule has 0 aliphatic carbocycles. The number of para-hydroxylation sites is 1. The van der Waals surface area contributed by atoms with Crippen molar-refractivity contribution >= 4 is 0 Å². The first kappa shape index (κ1) is 10.8. The highest BCUT2D eigenvalue weighted by atomic mass is 16.5. The Kier molecular flexibility index (Phi) is 3.27. The monoisotopic (exact) mass is 218 g/mol. The second-order valence-corrected chi connectivity index (χ2v) is 3.43. The van der Waals surface area contributed by atoms with Crippen LogP contribution in [0.3, 0.4) is 0 Å². The molecule has 0 amide bonds. The van der Waals surface area contributed by atoms with Gasteiger partial charge >= 0.3 is 0 Å². The first-order valence-corrected chi connectivity index (χ1v) is 5.24. The lowest BCUT2D eigenvalue weighted by Gasteiger charge is -2.14. The van der Waals surface area contributed by atoms with Crippen LogP contribution in [0.25, 0.3) is 0 Å². The molecule has 16 heavy (non-hydrogen) atoms. The number of furan rings is 1. The van der Waals surface area contributed by atoms with Crippen LogP contribution in [0.15, 0.2) is 47.3 Å². The fraction of sp³-hybridized carbons (Fsp3) is 0.231. The molecular weight excluding hydrogens is 204 g/mol. The van der Waals surface area contributed by atoms with E-state index in [0.29, 0.717) is 12.4 Å². The molecule has 1 N–H and O–H groups in total. The van der Waals surface area contributed by atoms with Crippen molar-refractivity contribution in [2.75, 3.05) is 6.61 Å². The van der Waals surface area contributed by atoms with Crippen molar-refractivity contribution in [1.82, 2.24) is 0 Å². The van der Waals surface area contributed by atoms with Gasteiger partial charge < -0.3 is 14.3 Å². The normalized spacial score (nSPS) is 12.4. The van der Waals surface area contributed by atoms with E-state index in [1.54, 1.807) is 12.3 Å². The molecule has 1 heterocycles. The van der Waals surface area contributed by atoms with Gasteiger partial charge in [0.1, 0.15) is 11.9 Å². The third-order valence-corrected chi connectivity index (χ3v) is 2.37. The molecule has 2 aromatic rings. The summed E-state index contributed by atoms with van der Waals surface area (Å²) in [5, 5.41) is 10.1. The summed E-state index contributed by atoms with van der Waals surface area (Å²) in [5.41, 5.74) is 1.48. The van der Waals surface area contributed by atoms with E-state index in [-0.39, 0.29) is 0 Å². The summed E-state index contributed by atoms with van der Waals surface area (Å²) >= 11 is 0. The number of aliphatic hydroxyl groups is 1. The summed E-state index contributed by atoms with van der Waals surface area (Å²) in [7, 11) is 0. The summed E-state index contributed by atoms with van der Waals surface area (Å²) in [6, 6.07) is 9.20. The van der Waals surface area contributed by atoms with Crippen LogP contribution in [-0.2, 0) is 0 Å². The number of hydrogen-bond acceptors (Lipinski definition) is 3. The van der Waals surface area contributed by atoms with Crippen LogP contribution in [0.1, 0.15) is 24.2 Å². The molecule has 1 aromatic heterocycles. The van der Waals surface area contributed by atoms with Gasteiger partial charge in [0.25, 0.3) is 0 Å². The van der Waals surface area contributed by atoms with Crippen LogP contribution in [0.5, 0.6) is 5.75 Å². The number of benzene rings is 1. The van der Waals surface area contributed by atoms with Gasteiger partial charge in [0, 0.05) is 11.1 Å². The van der Waals surface area contributed by atoms with Crippen molar-refractivity contribution in [2.45, 2.75) is 13.0 Å². The van der Waals surface area contributed by atoms with Crippen LogP contribution < -0.4 is 4.74 Å². The van der Waals surface area contributed by atoms with Crippen molar-refractivity contribution in [1.29, 1.82) is 0 Å². The van der Waals surface area contributed by atoms with E-state index in [9.17, 15) is 5.11 Å². The standard InChI is InChI=1S/C13H14O3/c1-2-16-12-6-4-3-5-11(12)13(14)10-7-8-15-9-10/h3-9,13-14H,2H2,1H3. The van der Waals surface area contributed by atoms with Gasteiger partial charge in [-0.15, -0.1) is 0 Å². The van der Waals surface area contributed by atoms with E-state index >= 15 is 0 Å². The maximum absolute atomic E-state index is 10.1. The molecule has 1 aromatic carbocycles. The zero-order valence-electron chi connectivity index (χ0n) is 9.09. The summed E-state index contributed by atoms with van der Waals surface area (Å²) in [6.45, 7) is 2.50. The molecule has 0 saturated heterocycles. The van der Waals surface area contributed by atoms with Gasteiger partial charge in [0.15, 0.2) is 0 Å². The average Bonchev–Trinajstić information content (AvgIpc) is 2.83. The van der Waals surface area contributed by atoms with E-state index in [4.69, 9.17) is 9.15 Å². The molecule has 2 rings (SSSR count). The van der Waals surface area contributed by atoms with Gasteiger partial charge in [-0.3, -0.25) is 0 Å². The fourth-order valence-corrected chi connectivity index (χ4v) is 1.60. The molecule has 0 radical (unpaired) electrons. The van der Waals surface area contributed by atoms with Gasteiger partial charge in [0.2, 0.25) is 0 Å². The Morgan fingerprint density at radius 1 is 1.31 bits per heavy atom. The van der Waals surface area contributed by atoms with E-state index in [0.717, 1.165) is 11.1 Å². The summed E-state index contributed by atoms with van der Waals surface area (Å²) in [5.74, 6) is 0.707. The lowest BCUT2D eigenvalue weighted by atomic mass is 10.0. The summed E-state index contributed by atoms with van der Waals surface area (Å²) in [6.07, 6.45) is 2.37. The highest BCUT2D eigenvalue weighted by Gasteiger charge is 2.15. The predicted octanol–water partition coefficient (Wildman–Crippen LogP) is 2.76. The maximum atomic E-state index is 10.1. The van der Waals surface area contributed by atoms with Crippen LogP contribution in [-0.4, -0.2) is 11.7 Å². The van der Waals surface area contributed by atoms with Crippen molar-refractivity contribution in [3.05, 3.63) is 54.0 Å². The average molecular weight is 218 g/mol. The van der Waals surface area contributed by atoms with E-state index in [1.807, 2.05) is 31.2 Å².